The van der Waals surface area contributed by atoms with Crippen molar-refractivity contribution in [3.8, 4) is 11.5 Å². The molecule has 1 aliphatic heterocycles. The lowest BCUT2D eigenvalue weighted by Gasteiger charge is -2.32. The molecule has 0 aromatic heterocycles. The van der Waals surface area contributed by atoms with Crippen LogP contribution in [0, 0.1) is 0 Å². The molecular weight excluding hydrogens is 489 g/mol. The molecule has 1 saturated heterocycles. The molecule has 0 atom stereocenters. The van der Waals surface area contributed by atoms with Crippen LogP contribution in [0.2, 0.25) is 5.02 Å². The summed E-state index contributed by atoms with van der Waals surface area (Å²) >= 11 is 6.12. The van der Waals surface area contributed by atoms with Crippen LogP contribution in [-0.4, -0.2) is 50.1 Å². The minimum absolute atomic E-state index is 0.0392. The Hall–Kier alpha value is -2.54. The Balaban J connectivity index is 1.74. The highest BCUT2D eigenvalue weighted by atomic mass is 35.5. The van der Waals surface area contributed by atoms with Crippen LogP contribution >= 0.6 is 11.6 Å². The van der Waals surface area contributed by atoms with E-state index in [0.29, 0.717) is 0 Å². The minimum atomic E-state index is -4.45. The molecule has 2 aromatic carbocycles. The van der Waals surface area contributed by atoms with Gasteiger partial charge in [-0.2, -0.15) is 17.5 Å². The molecule has 33 heavy (non-hydrogen) atoms. The maximum atomic E-state index is 13.2. The number of benzene rings is 2. The number of carbonyl (C=O) groups is 1. The van der Waals surface area contributed by atoms with Gasteiger partial charge in [0, 0.05) is 13.1 Å². The summed E-state index contributed by atoms with van der Waals surface area (Å²) in [6.45, 7) is 0.0783. The van der Waals surface area contributed by atoms with Crippen molar-refractivity contribution in [2.45, 2.75) is 30.0 Å². The topological polar surface area (TPSA) is 105 Å². The number of alkyl halides is 3. The predicted octanol–water partition coefficient (Wildman–Crippen LogP) is 3.72. The molecule has 2 aromatic rings. The van der Waals surface area contributed by atoms with Gasteiger partial charge in [-0.1, -0.05) is 11.6 Å². The van der Waals surface area contributed by atoms with Crippen LogP contribution in [0.1, 0.15) is 28.8 Å². The van der Waals surface area contributed by atoms with E-state index in [2.05, 4.69) is 0 Å². The lowest BCUT2D eigenvalue weighted by molar-refractivity contribution is -0.137. The van der Waals surface area contributed by atoms with Crippen LogP contribution in [0.4, 0.5) is 13.2 Å². The number of sulfonamides is 1. The maximum Gasteiger partial charge on any atom is 0.416 e. The predicted molar refractivity (Wildman–Crippen MR) is 111 cm³/mol. The Bertz CT molecular complexity index is 1120. The summed E-state index contributed by atoms with van der Waals surface area (Å²) in [6.07, 6.45) is -4.32. The number of carbonyl (C=O) groups excluding carboxylic acids is 1. The van der Waals surface area contributed by atoms with Gasteiger partial charge in [0.25, 0.3) is 5.91 Å². The Morgan fingerprint density at radius 1 is 1.15 bits per heavy atom. The average Bonchev–Trinajstić information content (AvgIpc) is 2.78. The number of hydrogen-bond donors (Lipinski definition) is 2. The molecule has 0 spiro atoms. The van der Waals surface area contributed by atoms with Gasteiger partial charge >= 0.3 is 6.18 Å². The smallest absolute Gasteiger partial charge is 0.416 e. The van der Waals surface area contributed by atoms with Gasteiger partial charge in [0.2, 0.25) is 10.0 Å². The number of piperidine rings is 1. The summed E-state index contributed by atoms with van der Waals surface area (Å²) in [6, 6.07) is 6.71. The van der Waals surface area contributed by atoms with E-state index in [0.717, 1.165) is 22.5 Å². The second-order valence-electron chi connectivity index (χ2n) is 7.14. The van der Waals surface area contributed by atoms with E-state index < -0.39 is 44.2 Å². The van der Waals surface area contributed by atoms with Gasteiger partial charge in [-0.3, -0.25) is 10.0 Å². The van der Waals surface area contributed by atoms with Gasteiger partial charge < -0.3 is 9.47 Å². The number of nitrogens with one attached hydrogen (secondary N) is 1. The van der Waals surface area contributed by atoms with E-state index in [1.807, 2.05) is 0 Å². The molecule has 0 aliphatic carbocycles. The van der Waals surface area contributed by atoms with Gasteiger partial charge in [0.15, 0.2) is 0 Å². The summed E-state index contributed by atoms with van der Waals surface area (Å²) in [7, 11) is -2.88. The number of amides is 1. The van der Waals surface area contributed by atoms with Crippen molar-refractivity contribution in [3.05, 3.63) is 52.5 Å². The molecule has 1 amide bonds. The van der Waals surface area contributed by atoms with Crippen molar-refractivity contribution in [2.75, 3.05) is 20.2 Å². The SMILES string of the molecule is COc1ccc(S(=O)(=O)N2CCC(Oc3ccc(C(F)(F)F)cc3)CC2)c(C(=O)NO)c1Cl. The molecule has 13 heteroatoms. The zero-order chi connectivity index (χ0) is 24.4. The number of hydroxylamine groups is 1. The number of methoxy groups -OCH3 is 1. The molecule has 1 fully saturated rings. The first-order valence-electron chi connectivity index (χ1n) is 9.64. The van der Waals surface area contributed by atoms with Crippen molar-refractivity contribution >= 4 is 27.5 Å². The molecule has 0 unspecified atom stereocenters. The second kappa shape index (κ2) is 9.75. The lowest BCUT2D eigenvalue weighted by atomic mass is 10.1. The highest BCUT2D eigenvalue weighted by Gasteiger charge is 2.35. The highest BCUT2D eigenvalue weighted by Crippen LogP contribution is 2.35. The first kappa shape index (κ1) is 25.1. The van der Waals surface area contributed by atoms with E-state index in [-0.39, 0.29) is 42.5 Å². The summed E-state index contributed by atoms with van der Waals surface area (Å²) in [5, 5.41) is 8.75. The third-order valence-electron chi connectivity index (χ3n) is 5.12. The zero-order valence-electron chi connectivity index (χ0n) is 17.2. The molecule has 0 radical (unpaired) electrons. The molecule has 8 nitrogen and oxygen atoms in total. The first-order valence-corrected chi connectivity index (χ1v) is 11.5. The van der Waals surface area contributed by atoms with Gasteiger partial charge in [-0.15, -0.1) is 0 Å². The number of halogens is 4. The lowest BCUT2D eigenvalue weighted by Crippen LogP contribution is -2.42. The number of hydrogen-bond acceptors (Lipinski definition) is 6. The minimum Gasteiger partial charge on any atom is -0.495 e. The van der Waals surface area contributed by atoms with E-state index in [4.69, 9.17) is 26.3 Å². The Labute approximate surface area is 192 Å². The van der Waals surface area contributed by atoms with Gasteiger partial charge in [0.1, 0.15) is 17.6 Å². The van der Waals surface area contributed by atoms with E-state index in [1.165, 1.54) is 30.8 Å². The maximum absolute atomic E-state index is 13.2. The van der Waals surface area contributed by atoms with Crippen LogP contribution in [0.25, 0.3) is 0 Å². The molecule has 1 heterocycles. The van der Waals surface area contributed by atoms with E-state index in [1.54, 1.807) is 0 Å². The Kier molecular flexibility index (Phi) is 7.42. The van der Waals surface area contributed by atoms with Crippen molar-refractivity contribution in [2.24, 2.45) is 0 Å². The van der Waals surface area contributed by atoms with Crippen LogP contribution in [-0.2, 0) is 16.2 Å². The molecule has 1 aliphatic rings. The average molecular weight is 509 g/mol. The molecule has 0 saturated carbocycles. The monoisotopic (exact) mass is 508 g/mol. The third kappa shape index (κ3) is 5.35. The fraction of sp³-hybridized carbons (Fsp3) is 0.350. The summed E-state index contributed by atoms with van der Waals surface area (Å²) in [4.78, 5) is 11.7. The molecule has 3 rings (SSSR count). The number of ether oxygens (including phenoxy) is 2. The number of nitrogens with zero attached hydrogens (tertiary/aromatic N) is 1. The fourth-order valence-corrected chi connectivity index (χ4v) is 5.47. The molecule has 180 valence electrons. The zero-order valence-corrected chi connectivity index (χ0v) is 18.8. The Morgan fingerprint density at radius 2 is 1.76 bits per heavy atom. The van der Waals surface area contributed by atoms with Crippen LogP contribution < -0.4 is 15.0 Å². The van der Waals surface area contributed by atoms with Crippen molar-refractivity contribution < 1.29 is 41.1 Å². The molecular formula is C20H20ClF3N2O6S. The summed E-state index contributed by atoms with van der Waals surface area (Å²) < 4.78 is 76.3. The van der Waals surface area contributed by atoms with Crippen LogP contribution in [0.5, 0.6) is 11.5 Å². The third-order valence-corrected chi connectivity index (χ3v) is 7.44. The van der Waals surface area contributed by atoms with Gasteiger partial charge in [0.05, 0.1) is 28.2 Å². The molecule has 2 N–H and O–H groups in total. The van der Waals surface area contributed by atoms with E-state index >= 15 is 0 Å². The molecule has 0 bridgehead atoms. The number of rotatable bonds is 6. The van der Waals surface area contributed by atoms with Crippen molar-refractivity contribution in [3.63, 3.8) is 0 Å². The van der Waals surface area contributed by atoms with E-state index in [9.17, 15) is 26.4 Å². The standard InChI is InChI=1S/C20H20ClF3N2O6S/c1-31-15-6-7-16(17(18(15)21)19(27)25-28)33(29,30)26-10-8-14(9-11-26)32-13-4-2-12(3-5-13)20(22,23)24/h2-7,14,28H,8-11H2,1H3,(H,25,27). The summed E-state index contributed by atoms with van der Waals surface area (Å²) in [5.74, 6) is -0.816. The summed E-state index contributed by atoms with van der Waals surface area (Å²) in [5.41, 5.74) is 0.132. The largest absolute Gasteiger partial charge is 0.495 e. The Morgan fingerprint density at radius 3 is 2.27 bits per heavy atom. The second-order valence-corrected chi connectivity index (χ2v) is 9.42. The van der Waals surface area contributed by atoms with Gasteiger partial charge in [-0.05, 0) is 49.2 Å². The fourth-order valence-electron chi connectivity index (χ4n) is 3.42. The highest BCUT2D eigenvalue weighted by molar-refractivity contribution is 7.89. The van der Waals surface area contributed by atoms with Crippen molar-refractivity contribution in [1.82, 2.24) is 9.79 Å². The van der Waals surface area contributed by atoms with Gasteiger partial charge in [-0.25, -0.2) is 13.9 Å². The normalized spacial score (nSPS) is 15.8. The van der Waals surface area contributed by atoms with Crippen LogP contribution in [0.15, 0.2) is 41.3 Å². The first-order chi connectivity index (χ1) is 15.5. The van der Waals surface area contributed by atoms with Crippen molar-refractivity contribution in [1.29, 1.82) is 0 Å². The van der Waals surface area contributed by atoms with Crippen LogP contribution in [0.3, 0.4) is 0 Å². The quantitative estimate of drug-likeness (QED) is 0.455.